The van der Waals surface area contributed by atoms with Gasteiger partial charge in [0.05, 0.1) is 0 Å². The summed E-state index contributed by atoms with van der Waals surface area (Å²) in [6.07, 6.45) is 0. The molecule has 0 spiro atoms. The Morgan fingerprint density at radius 3 is 1.58 bits per heavy atom. The molecule has 0 saturated carbocycles. The standard InChI is InChI=1S/C14H14NO3P/c16-19(15-11-12-15,17-13-7-3-1-4-8-13)18-14-9-5-2-6-10-14/h1-10H,11-12H2. The second-order valence-electron chi connectivity index (χ2n) is 4.23. The first kappa shape index (κ1) is 12.3. The third-order valence-corrected chi connectivity index (χ3v) is 4.67. The number of hydrogen-bond donors (Lipinski definition) is 0. The molecule has 0 radical (unpaired) electrons. The summed E-state index contributed by atoms with van der Waals surface area (Å²) in [6, 6.07) is 18.2. The summed E-state index contributed by atoms with van der Waals surface area (Å²) < 4.78 is 25.7. The van der Waals surface area contributed by atoms with Crippen molar-refractivity contribution < 1.29 is 13.6 Å². The maximum atomic E-state index is 12.8. The molecular formula is C14H14NO3P. The Morgan fingerprint density at radius 2 is 1.21 bits per heavy atom. The number of benzene rings is 2. The summed E-state index contributed by atoms with van der Waals surface area (Å²) in [5.74, 6) is 1.10. The van der Waals surface area contributed by atoms with Gasteiger partial charge in [-0.1, -0.05) is 36.4 Å². The zero-order valence-corrected chi connectivity index (χ0v) is 11.2. The van der Waals surface area contributed by atoms with Crippen LogP contribution in [0, 0.1) is 0 Å². The summed E-state index contributed by atoms with van der Waals surface area (Å²) in [7, 11) is -3.29. The third kappa shape index (κ3) is 2.98. The van der Waals surface area contributed by atoms with Crippen molar-refractivity contribution in [2.24, 2.45) is 0 Å². The fourth-order valence-corrected chi connectivity index (χ4v) is 3.28. The Kier molecular flexibility index (Phi) is 3.28. The molecule has 0 amide bonds. The van der Waals surface area contributed by atoms with E-state index in [1.165, 1.54) is 0 Å². The molecule has 0 bridgehead atoms. The number of hydrogen-bond acceptors (Lipinski definition) is 3. The Morgan fingerprint density at radius 1 is 0.789 bits per heavy atom. The van der Waals surface area contributed by atoms with Gasteiger partial charge in [-0.15, -0.1) is 0 Å². The van der Waals surface area contributed by atoms with E-state index in [-0.39, 0.29) is 0 Å². The predicted molar refractivity (Wildman–Crippen MR) is 73.3 cm³/mol. The van der Waals surface area contributed by atoms with Gasteiger partial charge in [-0.05, 0) is 24.3 Å². The van der Waals surface area contributed by atoms with Crippen LogP contribution in [0.5, 0.6) is 11.5 Å². The molecule has 5 heteroatoms. The molecule has 1 saturated heterocycles. The highest BCUT2D eigenvalue weighted by molar-refractivity contribution is 7.52. The van der Waals surface area contributed by atoms with Gasteiger partial charge in [-0.3, -0.25) is 0 Å². The molecule has 0 unspecified atom stereocenters. The van der Waals surface area contributed by atoms with Crippen LogP contribution in [-0.2, 0) is 4.57 Å². The van der Waals surface area contributed by atoms with Crippen molar-refractivity contribution in [2.45, 2.75) is 0 Å². The van der Waals surface area contributed by atoms with E-state index in [2.05, 4.69) is 0 Å². The van der Waals surface area contributed by atoms with Gasteiger partial charge in [-0.2, -0.15) is 4.67 Å². The maximum absolute atomic E-state index is 12.8. The van der Waals surface area contributed by atoms with Gasteiger partial charge in [0.1, 0.15) is 11.5 Å². The molecule has 2 aromatic rings. The first-order chi connectivity index (χ1) is 9.26. The lowest BCUT2D eigenvalue weighted by Gasteiger charge is -2.19. The zero-order chi connectivity index (χ0) is 13.1. The van der Waals surface area contributed by atoms with E-state index in [0.29, 0.717) is 11.5 Å². The van der Waals surface area contributed by atoms with E-state index >= 15 is 0 Å². The summed E-state index contributed by atoms with van der Waals surface area (Å²) in [5.41, 5.74) is 0. The highest BCUT2D eigenvalue weighted by Gasteiger charge is 2.44. The molecule has 3 rings (SSSR count). The summed E-state index contributed by atoms with van der Waals surface area (Å²) in [5, 5.41) is 0. The van der Waals surface area contributed by atoms with E-state index in [4.69, 9.17) is 9.05 Å². The molecule has 1 aliphatic rings. The number of nitrogens with zero attached hydrogens (tertiary/aromatic N) is 1. The van der Waals surface area contributed by atoms with Gasteiger partial charge in [-0.25, -0.2) is 4.57 Å². The molecule has 0 aromatic heterocycles. The molecule has 0 aliphatic carbocycles. The van der Waals surface area contributed by atoms with Crippen molar-refractivity contribution in [3.8, 4) is 11.5 Å². The molecular weight excluding hydrogens is 261 g/mol. The monoisotopic (exact) mass is 275 g/mol. The Labute approximate surface area is 112 Å². The van der Waals surface area contributed by atoms with Gasteiger partial charge >= 0.3 is 7.75 Å². The average Bonchev–Trinajstić information content (AvgIpc) is 3.25. The van der Waals surface area contributed by atoms with Crippen molar-refractivity contribution in [3.63, 3.8) is 0 Å². The van der Waals surface area contributed by atoms with Crippen LogP contribution in [0.1, 0.15) is 0 Å². The lowest BCUT2D eigenvalue weighted by atomic mass is 10.3. The second kappa shape index (κ2) is 5.08. The highest BCUT2D eigenvalue weighted by atomic mass is 31.2. The van der Waals surface area contributed by atoms with Crippen LogP contribution in [0.15, 0.2) is 60.7 Å². The minimum atomic E-state index is -3.29. The van der Waals surface area contributed by atoms with E-state index in [0.717, 1.165) is 13.1 Å². The second-order valence-corrected chi connectivity index (χ2v) is 6.10. The van der Waals surface area contributed by atoms with Crippen molar-refractivity contribution in [2.75, 3.05) is 13.1 Å². The quantitative estimate of drug-likeness (QED) is 0.617. The largest absolute Gasteiger partial charge is 0.515 e. The molecule has 2 aromatic carbocycles. The summed E-state index contributed by atoms with van der Waals surface area (Å²) >= 11 is 0. The van der Waals surface area contributed by atoms with Crippen LogP contribution >= 0.6 is 7.75 Å². The molecule has 98 valence electrons. The average molecular weight is 275 g/mol. The first-order valence-corrected chi connectivity index (χ1v) is 7.61. The summed E-state index contributed by atoms with van der Waals surface area (Å²) in [4.78, 5) is 0. The minimum absolute atomic E-state index is 0.550. The Balaban J connectivity index is 1.82. The molecule has 19 heavy (non-hydrogen) atoms. The topological polar surface area (TPSA) is 38.5 Å². The van der Waals surface area contributed by atoms with Crippen LogP contribution in [0.25, 0.3) is 0 Å². The van der Waals surface area contributed by atoms with Crippen molar-refractivity contribution in [1.29, 1.82) is 0 Å². The Bertz CT molecular complexity index is 539. The molecule has 1 aliphatic heterocycles. The number of rotatable bonds is 5. The normalized spacial score (nSPS) is 14.9. The van der Waals surface area contributed by atoms with Crippen molar-refractivity contribution >= 4 is 7.75 Å². The van der Waals surface area contributed by atoms with Crippen LogP contribution in [-0.4, -0.2) is 17.8 Å². The lowest BCUT2D eigenvalue weighted by Crippen LogP contribution is -2.08. The van der Waals surface area contributed by atoms with Crippen LogP contribution in [0.4, 0.5) is 0 Å². The van der Waals surface area contributed by atoms with E-state index in [9.17, 15) is 4.57 Å². The van der Waals surface area contributed by atoms with Crippen LogP contribution < -0.4 is 9.05 Å². The fourth-order valence-electron chi connectivity index (χ4n) is 1.65. The first-order valence-electron chi connectivity index (χ1n) is 6.11. The molecule has 4 nitrogen and oxygen atoms in total. The van der Waals surface area contributed by atoms with Crippen LogP contribution in [0.2, 0.25) is 0 Å². The van der Waals surface area contributed by atoms with Gasteiger partial charge < -0.3 is 9.05 Å². The van der Waals surface area contributed by atoms with Crippen molar-refractivity contribution in [3.05, 3.63) is 60.7 Å². The maximum Gasteiger partial charge on any atom is 0.515 e. The molecule has 1 heterocycles. The SMILES string of the molecule is O=P(Oc1ccccc1)(Oc1ccccc1)N1CC1. The predicted octanol–water partition coefficient (Wildman–Crippen LogP) is 3.57. The van der Waals surface area contributed by atoms with Gasteiger partial charge in [0, 0.05) is 13.1 Å². The minimum Gasteiger partial charge on any atom is -0.404 e. The zero-order valence-electron chi connectivity index (χ0n) is 10.3. The summed E-state index contributed by atoms with van der Waals surface area (Å²) in [6.45, 7) is 1.47. The number of para-hydroxylation sites is 2. The van der Waals surface area contributed by atoms with Gasteiger partial charge in [0.25, 0.3) is 0 Å². The van der Waals surface area contributed by atoms with Gasteiger partial charge in [0.2, 0.25) is 0 Å². The van der Waals surface area contributed by atoms with Gasteiger partial charge in [0.15, 0.2) is 0 Å². The van der Waals surface area contributed by atoms with Crippen LogP contribution in [0.3, 0.4) is 0 Å². The van der Waals surface area contributed by atoms with Crippen molar-refractivity contribution in [1.82, 2.24) is 4.67 Å². The smallest absolute Gasteiger partial charge is 0.404 e. The molecule has 1 fully saturated rings. The lowest BCUT2D eigenvalue weighted by molar-refractivity contribution is 0.350. The highest BCUT2D eigenvalue weighted by Crippen LogP contribution is 2.55. The Hall–Kier alpha value is -1.77. The third-order valence-electron chi connectivity index (χ3n) is 2.70. The molecule has 0 atom stereocenters. The van der Waals surface area contributed by atoms with E-state index < -0.39 is 7.75 Å². The fraction of sp³-hybridized carbons (Fsp3) is 0.143. The van der Waals surface area contributed by atoms with E-state index in [1.54, 1.807) is 28.9 Å². The van der Waals surface area contributed by atoms with E-state index in [1.807, 2.05) is 36.4 Å². The molecule has 0 N–H and O–H groups in total.